The van der Waals surface area contributed by atoms with Crippen molar-refractivity contribution in [1.82, 2.24) is 9.66 Å². The molecule has 0 radical (unpaired) electrons. The van der Waals surface area contributed by atoms with Gasteiger partial charge in [0.05, 0.1) is 11.3 Å². The lowest BCUT2D eigenvalue weighted by molar-refractivity contribution is -0.123. The molecule has 148 valence electrons. The van der Waals surface area contributed by atoms with Crippen LogP contribution in [0.15, 0.2) is 34.4 Å². The number of anilines is 1. The first-order chi connectivity index (χ1) is 14.0. The largest absolute Gasteiger partial charge is 0.312 e. The Morgan fingerprint density at radius 2 is 2.03 bits per heavy atom. The number of fused-ring (bicyclic) bond motifs is 2. The minimum absolute atomic E-state index is 0.0708. The summed E-state index contributed by atoms with van der Waals surface area (Å²) in [4.78, 5) is 44.8. The van der Waals surface area contributed by atoms with Crippen molar-refractivity contribution in [2.75, 3.05) is 16.9 Å². The minimum Gasteiger partial charge on any atom is -0.312 e. The van der Waals surface area contributed by atoms with Gasteiger partial charge in [-0.2, -0.15) is 0 Å². The van der Waals surface area contributed by atoms with E-state index in [9.17, 15) is 14.4 Å². The van der Waals surface area contributed by atoms with Crippen LogP contribution in [0.4, 0.5) is 5.69 Å². The lowest BCUT2D eigenvalue weighted by Gasteiger charge is -2.18. The number of aromatic nitrogens is 2. The Kier molecular flexibility index (Phi) is 4.24. The van der Waals surface area contributed by atoms with Crippen LogP contribution in [0.1, 0.15) is 29.8 Å². The number of carbonyl (C=O) groups is 2. The van der Waals surface area contributed by atoms with Gasteiger partial charge in [0.15, 0.2) is 0 Å². The van der Waals surface area contributed by atoms with E-state index in [1.807, 2.05) is 6.07 Å². The van der Waals surface area contributed by atoms with Crippen LogP contribution in [0.25, 0.3) is 10.2 Å². The van der Waals surface area contributed by atoms with E-state index in [2.05, 4.69) is 22.5 Å². The van der Waals surface area contributed by atoms with E-state index >= 15 is 0 Å². The molecule has 2 aliphatic rings. The first-order valence-electron chi connectivity index (χ1n) is 9.71. The molecule has 1 aliphatic heterocycles. The fourth-order valence-electron chi connectivity index (χ4n) is 4.21. The van der Waals surface area contributed by atoms with Gasteiger partial charge in [0.25, 0.3) is 5.56 Å². The summed E-state index contributed by atoms with van der Waals surface area (Å²) < 4.78 is 1.18. The van der Waals surface area contributed by atoms with E-state index in [4.69, 9.17) is 0 Å². The number of nitrogens with one attached hydrogen (secondary N) is 1. The van der Waals surface area contributed by atoms with Crippen LogP contribution in [0.3, 0.4) is 0 Å². The fraction of sp³-hybridized carbons (Fsp3) is 0.333. The maximum absolute atomic E-state index is 12.8. The average Bonchev–Trinajstić information content (AvgIpc) is 3.43. The van der Waals surface area contributed by atoms with Crippen molar-refractivity contribution in [2.45, 2.75) is 32.6 Å². The molecule has 1 saturated heterocycles. The van der Waals surface area contributed by atoms with Crippen LogP contribution in [-0.2, 0) is 22.4 Å². The van der Waals surface area contributed by atoms with Gasteiger partial charge in [0, 0.05) is 18.7 Å². The van der Waals surface area contributed by atoms with Crippen molar-refractivity contribution < 1.29 is 9.59 Å². The van der Waals surface area contributed by atoms with Gasteiger partial charge < -0.3 is 4.90 Å². The third-order valence-corrected chi connectivity index (χ3v) is 6.58. The SMILES string of the molecule is Cc1nc2sccc2c(=O)n1NC(=O)C1CC(=O)N(c2ccc3c(c2)CCC3)C1. The molecule has 3 heterocycles. The number of rotatable bonds is 3. The summed E-state index contributed by atoms with van der Waals surface area (Å²) in [6.45, 7) is 1.99. The maximum atomic E-state index is 12.8. The van der Waals surface area contributed by atoms with Crippen molar-refractivity contribution in [3.63, 3.8) is 0 Å². The molecule has 7 nitrogen and oxygen atoms in total. The second kappa shape index (κ2) is 6.81. The summed E-state index contributed by atoms with van der Waals surface area (Å²) in [5.74, 6) is -0.513. The van der Waals surface area contributed by atoms with E-state index in [0.717, 1.165) is 24.9 Å². The number of thiophene rings is 1. The number of hydrogen-bond acceptors (Lipinski definition) is 5. The molecule has 0 saturated carbocycles. The lowest BCUT2D eigenvalue weighted by atomic mass is 10.1. The van der Waals surface area contributed by atoms with Crippen LogP contribution in [0.5, 0.6) is 0 Å². The Morgan fingerprint density at radius 3 is 2.90 bits per heavy atom. The Bertz CT molecular complexity index is 1210. The normalized spacial score (nSPS) is 18.4. The van der Waals surface area contributed by atoms with Crippen LogP contribution < -0.4 is 15.9 Å². The zero-order valence-electron chi connectivity index (χ0n) is 16.0. The van der Waals surface area contributed by atoms with Crippen molar-refractivity contribution in [1.29, 1.82) is 0 Å². The molecule has 5 rings (SSSR count). The molecule has 8 heteroatoms. The van der Waals surface area contributed by atoms with E-state index in [-0.39, 0.29) is 23.8 Å². The zero-order valence-corrected chi connectivity index (χ0v) is 16.8. The van der Waals surface area contributed by atoms with Crippen LogP contribution in [0.2, 0.25) is 0 Å². The van der Waals surface area contributed by atoms with Crippen LogP contribution >= 0.6 is 11.3 Å². The van der Waals surface area contributed by atoms with Crippen molar-refractivity contribution in [2.24, 2.45) is 5.92 Å². The summed E-state index contributed by atoms with van der Waals surface area (Å²) in [6, 6.07) is 7.82. The average molecular weight is 408 g/mol. The van der Waals surface area contributed by atoms with Crippen LogP contribution in [-0.4, -0.2) is 28.0 Å². The highest BCUT2D eigenvalue weighted by Crippen LogP contribution is 2.30. The first-order valence-corrected chi connectivity index (χ1v) is 10.6. The molecule has 2 aromatic heterocycles. The third kappa shape index (κ3) is 3.04. The smallest absolute Gasteiger partial charge is 0.281 e. The highest BCUT2D eigenvalue weighted by molar-refractivity contribution is 7.16. The fourth-order valence-corrected chi connectivity index (χ4v) is 5.01. The van der Waals surface area contributed by atoms with E-state index in [0.29, 0.717) is 22.6 Å². The third-order valence-electron chi connectivity index (χ3n) is 5.78. The van der Waals surface area contributed by atoms with Gasteiger partial charge in [-0.3, -0.25) is 19.8 Å². The Labute approximate surface area is 170 Å². The van der Waals surface area contributed by atoms with E-state index < -0.39 is 5.92 Å². The molecule has 1 aliphatic carbocycles. The number of benzene rings is 1. The number of nitrogens with zero attached hydrogens (tertiary/aromatic N) is 3. The van der Waals surface area contributed by atoms with Gasteiger partial charge in [-0.25, -0.2) is 9.66 Å². The Hall–Kier alpha value is -3.00. The van der Waals surface area contributed by atoms with Gasteiger partial charge in [-0.05, 0) is 60.9 Å². The second-order valence-electron chi connectivity index (χ2n) is 7.63. The zero-order chi connectivity index (χ0) is 20.1. The Morgan fingerprint density at radius 1 is 1.21 bits per heavy atom. The molecule has 29 heavy (non-hydrogen) atoms. The topological polar surface area (TPSA) is 84.3 Å². The van der Waals surface area contributed by atoms with Crippen LogP contribution in [0, 0.1) is 12.8 Å². The highest BCUT2D eigenvalue weighted by atomic mass is 32.1. The highest BCUT2D eigenvalue weighted by Gasteiger charge is 2.36. The molecule has 1 unspecified atom stereocenters. The van der Waals surface area contributed by atoms with Crippen molar-refractivity contribution >= 4 is 39.1 Å². The summed E-state index contributed by atoms with van der Waals surface area (Å²) >= 11 is 1.39. The van der Waals surface area contributed by atoms with Gasteiger partial charge in [0.1, 0.15) is 10.7 Å². The number of aryl methyl sites for hydroxylation is 3. The second-order valence-corrected chi connectivity index (χ2v) is 8.52. The van der Waals surface area contributed by atoms with Gasteiger partial charge in [-0.1, -0.05) is 6.07 Å². The monoisotopic (exact) mass is 408 g/mol. The van der Waals surface area contributed by atoms with E-state index in [1.165, 1.54) is 27.1 Å². The maximum Gasteiger partial charge on any atom is 0.281 e. The quantitative estimate of drug-likeness (QED) is 0.721. The predicted octanol–water partition coefficient (Wildman–Crippen LogP) is 2.38. The van der Waals surface area contributed by atoms with Gasteiger partial charge in [-0.15, -0.1) is 11.3 Å². The number of carbonyl (C=O) groups excluding carboxylic acids is 2. The molecule has 1 atom stereocenters. The van der Waals surface area contributed by atoms with Crippen molar-refractivity contribution in [3.05, 3.63) is 57.0 Å². The molecule has 1 N–H and O–H groups in total. The summed E-state index contributed by atoms with van der Waals surface area (Å²) in [7, 11) is 0. The number of amides is 2. The first kappa shape index (κ1) is 18.1. The number of hydrogen-bond donors (Lipinski definition) is 1. The summed E-state index contributed by atoms with van der Waals surface area (Å²) in [6.07, 6.45) is 3.40. The summed E-state index contributed by atoms with van der Waals surface area (Å²) in [5.41, 5.74) is 5.85. The molecule has 1 fully saturated rings. The minimum atomic E-state index is -0.514. The molecular weight excluding hydrogens is 388 g/mol. The molecule has 0 bridgehead atoms. The molecular formula is C21H20N4O3S. The molecule has 1 aromatic carbocycles. The molecule has 2 amide bonds. The van der Waals surface area contributed by atoms with E-state index in [1.54, 1.807) is 23.3 Å². The van der Waals surface area contributed by atoms with Gasteiger partial charge in [0.2, 0.25) is 11.8 Å². The standard InChI is InChI=1S/C21H20N4O3S/c1-12-22-20-17(7-8-29-20)21(28)25(12)23-19(27)15-10-18(26)24(11-15)16-6-5-13-3-2-4-14(13)9-16/h5-9,15H,2-4,10-11H2,1H3,(H,23,27). The molecule has 3 aromatic rings. The van der Waals surface area contributed by atoms with Gasteiger partial charge >= 0.3 is 0 Å². The predicted molar refractivity (Wildman–Crippen MR) is 112 cm³/mol. The lowest BCUT2D eigenvalue weighted by Crippen LogP contribution is -2.39. The molecule has 0 spiro atoms. The Balaban J connectivity index is 1.36. The van der Waals surface area contributed by atoms with Crippen molar-refractivity contribution in [3.8, 4) is 0 Å². The summed E-state index contributed by atoms with van der Waals surface area (Å²) in [5, 5.41) is 2.28.